The van der Waals surface area contributed by atoms with Crippen molar-refractivity contribution in [3.05, 3.63) is 82.6 Å². The van der Waals surface area contributed by atoms with Crippen LogP contribution in [0.5, 0.6) is 0 Å². The fourth-order valence-corrected chi connectivity index (χ4v) is 4.15. The zero-order chi connectivity index (χ0) is 29.1. The minimum absolute atomic E-state index is 0.00308. The smallest absolute Gasteiger partial charge is 0.414 e. The fourth-order valence-electron chi connectivity index (χ4n) is 4.15. The molecule has 0 aromatic heterocycles. The molecule has 2 N–H and O–H groups in total. The van der Waals surface area contributed by atoms with Gasteiger partial charge in [0, 0.05) is 7.05 Å². The number of methoxy groups -OCH3 is 2. The lowest BCUT2D eigenvalue weighted by Gasteiger charge is -2.37. The molecule has 2 aromatic rings. The van der Waals surface area contributed by atoms with E-state index in [1.165, 1.54) is 13.1 Å². The van der Waals surface area contributed by atoms with Crippen LogP contribution in [0.3, 0.4) is 0 Å². The number of hydrogen-bond donors (Lipinski definition) is 1. The van der Waals surface area contributed by atoms with E-state index in [-0.39, 0.29) is 34.0 Å². The molecule has 3 rings (SSSR count). The zero-order valence-electron chi connectivity index (χ0n) is 22.4. The molecule has 0 spiro atoms. The van der Waals surface area contributed by atoms with Crippen LogP contribution in [0.2, 0.25) is 0 Å². The lowest BCUT2D eigenvalue weighted by atomic mass is 9.81. The molecule has 1 atom stereocenters. The Bertz CT molecular complexity index is 1410. The molecule has 0 radical (unpaired) electrons. The summed E-state index contributed by atoms with van der Waals surface area (Å²) < 4.78 is 30.0. The molecule has 1 aliphatic rings. The van der Waals surface area contributed by atoms with Crippen molar-refractivity contribution in [3.63, 3.8) is 0 Å². The SMILES string of the molecule is COC(=O)C1=C(C(=O)OC)N(c2ccc(F)cc2N(C)C(=O)OC(C)(C)C)C(N)=C(C#N)C1c1ccccc1. The lowest BCUT2D eigenvalue weighted by molar-refractivity contribution is -0.139. The largest absolute Gasteiger partial charge is 0.466 e. The van der Waals surface area contributed by atoms with Crippen molar-refractivity contribution < 1.29 is 33.0 Å². The van der Waals surface area contributed by atoms with Crippen LogP contribution in [-0.2, 0) is 23.8 Å². The molecule has 0 fully saturated rings. The Morgan fingerprint density at radius 2 is 1.67 bits per heavy atom. The van der Waals surface area contributed by atoms with Crippen LogP contribution in [0.25, 0.3) is 0 Å². The van der Waals surface area contributed by atoms with Crippen molar-refractivity contribution in [2.24, 2.45) is 5.73 Å². The van der Waals surface area contributed by atoms with Crippen LogP contribution in [0, 0.1) is 17.1 Å². The number of hydrogen-bond acceptors (Lipinski definition) is 9. The summed E-state index contributed by atoms with van der Waals surface area (Å²) in [6.45, 7) is 5.00. The number of carbonyl (C=O) groups is 3. The standard InChI is InChI=1S/C28H29FN4O6/c1-28(2,3)39-27(36)32(4)20-14-17(29)12-13-19(20)33-23(26(35)38-6)22(25(34)37-5)21(18(15-30)24(33)31)16-10-8-7-9-11-16/h7-14,21H,31H2,1-6H3. The van der Waals surface area contributed by atoms with Crippen LogP contribution >= 0.6 is 0 Å². The minimum Gasteiger partial charge on any atom is -0.466 e. The number of allylic oxidation sites excluding steroid dienone is 1. The molecule has 10 nitrogen and oxygen atoms in total. The second-order valence-electron chi connectivity index (χ2n) is 9.51. The number of amides is 1. The Balaban J connectivity index is 2.40. The van der Waals surface area contributed by atoms with E-state index >= 15 is 0 Å². The molecule has 1 aliphatic heterocycles. The van der Waals surface area contributed by atoms with Gasteiger partial charge >= 0.3 is 18.0 Å². The Morgan fingerprint density at radius 3 is 2.21 bits per heavy atom. The second kappa shape index (κ2) is 11.3. The molecule has 1 amide bonds. The van der Waals surface area contributed by atoms with E-state index in [0.717, 1.165) is 36.2 Å². The van der Waals surface area contributed by atoms with Crippen molar-refractivity contribution in [2.45, 2.75) is 32.3 Å². The normalized spacial score (nSPS) is 15.4. The fraction of sp³-hybridized carbons (Fsp3) is 0.286. The van der Waals surface area contributed by atoms with E-state index in [1.54, 1.807) is 51.1 Å². The van der Waals surface area contributed by atoms with Crippen molar-refractivity contribution in [1.82, 2.24) is 0 Å². The topological polar surface area (TPSA) is 135 Å². The number of anilines is 2. The molecule has 1 heterocycles. The van der Waals surface area contributed by atoms with Gasteiger partial charge in [-0.1, -0.05) is 30.3 Å². The molecule has 204 valence electrons. The molecule has 0 saturated carbocycles. The Kier molecular flexibility index (Phi) is 8.30. The molecule has 0 aliphatic carbocycles. The van der Waals surface area contributed by atoms with E-state index in [9.17, 15) is 24.0 Å². The van der Waals surface area contributed by atoms with Gasteiger partial charge in [-0.2, -0.15) is 5.26 Å². The number of nitrogens with two attached hydrogens (primary N) is 1. The molecular weight excluding hydrogens is 507 g/mol. The van der Waals surface area contributed by atoms with E-state index in [2.05, 4.69) is 0 Å². The van der Waals surface area contributed by atoms with Gasteiger partial charge in [-0.15, -0.1) is 0 Å². The highest BCUT2D eigenvalue weighted by molar-refractivity contribution is 6.07. The van der Waals surface area contributed by atoms with Gasteiger partial charge in [-0.25, -0.2) is 18.8 Å². The van der Waals surface area contributed by atoms with Crippen LogP contribution in [-0.4, -0.2) is 44.9 Å². The first-order chi connectivity index (χ1) is 18.4. The zero-order valence-corrected chi connectivity index (χ0v) is 22.4. The number of halogens is 1. The first kappa shape index (κ1) is 28.7. The van der Waals surface area contributed by atoms with Gasteiger partial charge in [0.2, 0.25) is 0 Å². The monoisotopic (exact) mass is 536 g/mol. The Labute approximate surface area is 225 Å². The molecule has 0 bridgehead atoms. The van der Waals surface area contributed by atoms with Gasteiger partial charge in [0.25, 0.3) is 0 Å². The highest BCUT2D eigenvalue weighted by Gasteiger charge is 2.44. The van der Waals surface area contributed by atoms with Gasteiger partial charge in [-0.05, 0) is 44.5 Å². The Hall–Kier alpha value is -4.85. The maximum atomic E-state index is 14.5. The Morgan fingerprint density at radius 1 is 1.05 bits per heavy atom. The van der Waals surface area contributed by atoms with Crippen molar-refractivity contribution in [1.29, 1.82) is 5.26 Å². The number of esters is 2. The van der Waals surface area contributed by atoms with Crippen molar-refractivity contribution >= 4 is 29.4 Å². The predicted molar refractivity (Wildman–Crippen MR) is 141 cm³/mol. The van der Waals surface area contributed by atoms with Gasteiger partial charge < -0.3 is 19.9 Å². The molecule has 1 unspecified atom stereocenters. The maximum absolute atomic E-state index is 14.5. The number of rotatable bonds is 5. The number of nitriles is 1. The van der Waals surface area contributed by atoms with Crippen LogP contribution in [0.1, 0.15) is 32.3 Å². The molecule has 39 heavy (non-hydrogen) atoms. The third kappa shape index (κ3) is 5.70. The summed E-state index contributed by atoms with van der Waals surface area (Å²) in [5.74, 6) is -3.92. The van der Waals surface area contributed by atoms with Gasteiger partial charge in [0.15, 0.2) is 0 Å². The first-order valence-electron chi connectivity index (χ1n) is 11.8. The maximum Gasteiger partial charge on any atom is 0.414 e. The molecule has 11 heteroatoms. The second-order valence-corrected chi connectivity index (χ2v) is 9.51. The minimum atomic E-state index is -1.08. The van der Waals surface area contributed by atoms with Crippen LogP contribution in [0.4, 0.5) is 20.6 Å². The highest BCUT2D eigenvalue weighted by Crippen LogP contribution is 2.45. The van der Waals surface area contributed by atoms with Gasteiger partial charge in [0.05, 0.1) is 48.7 Å². The molecular formula is C28H29FN4O6. The summed E-state index contributed by atoms with van der Waals surface area (Å²) in [6, 6.07) is 13.9. The summed E-state index contributed by atoms with van der Waals surface area (Å²) >= 11 is 0. The van der Waals surface area contributed by atoms with E-state index in [1.807, 2.05) is 6.07 Å². The summed E-state index contributed by atoms with van der Waals surface area (Å²) in [4.78, 5) is 41.6. The van der Waals surface area contributed by atoms with E-state index in [4.69, 9.17) is 19.9 Å². The highest BCUT2D eigenvalue weighted by atomic mass is 19.1. The average Bonchev–Trinajstić information content (AvgIpc) is 2.90. The summed E-state index contributed by atoms with van der Waals surface area (Å²) in [7, 11) is 3.58. The summed E-state index contributed by atoms with van der Waals surface area (Å²) in [6.07, 6.45) is -0.826. The lowest BCUT2D eigenvalue weighted by Crippen LogP contribution is -2.42. The van der Waals surface area contributed by atoms with Crippen molar-refractivity contribution in [3.8, 4) is 6.07 Å². The van der Waals surface area contributed by atoms with Crippen LogP contribution < -0.4 is 15.5 Å². The van der Waals surface area contributed by atoms with E-state index < -0.39 is 35.4 Å². The van der Waals surface area contributed by atoms with Crippen molar-refractivity contribution in [2.75, 3.05) is 31.1 Å². The summed E-state index contributed by atoms with van der Waals surface area (Å²) in [5, 5.41) is 10.2. The number of nitrogens with zero attached hydrogens (tertiary/aromatic N) is 3. The number of ether oxygens (including phenoxy) is 3. The predicted octanol–water partition coefficient (Wildman–Crippen LogP) is 4.09. The molecule has 2 aromatic carbocycles. The quantitative estimate of drug-likeness (QED) is 0.443. The average molecular weight is 537 g/mol. The molecule has 0 saturated heterocycles. The third-order valence-electron chi connectivity index (χ3n) is 5.82. The third-order valence-corrected chi connectivity index (χ3v) is 5.82. The number of benzene rings is 2. The summed E-state index contributed by atoms with van der Waals surface area (Å²) in [5.41, 5.74) is 5.42. The van der Waals surface area contributed by atoms with E-state index in [0.29, 0.717) is 5.56 Å². The van der Waals surface area contributed by atoms with Gasteiger partial charge in [-0.3, -0.25) is 9.80 Å². The van der Waals surface area contributed by atoms with Crippen LogP contribution in [0.15, 0.2) is 71.2 Å². The van der Waals surface area contributed by atoms with Gasteiger partial charge in [0.1, 0.15) is 22.9 Å². The first-order valence-corrected chi connectivity index (χ1v) is 11.8. The number of carbonyl (C=O) groups excluding carboxylic acids is 3.